The van der Waals surface area contributed by atoms with Crippen LogP contribution in [0.1, 0.15) is 0 Å². The Balaban J connectivity index is 1.99. The lowest BCUT2D eigenvalue weighted by molar-refractivity contribution is 0.283. The van der Waals surface area contributed by atoms with Gasteiger partial charge >= 0.3 is 7.82 Å². The van der Waals surface area contributed by atoms with Crippen molar-refractivity contribution in [2.45, 2.75) is 0 Å². The predicted octanol–water partition coefficient (Wildman–Crippen LogP) is 4.63. The molecule has 0 radical (unpaired) electrons. The minimum atomic E-state index is -4.56. The van der Waals surface area contributed by atoms with Gasteiger partial charge in [-0.15, -0.1) is 0 Å². The van der Waals surface area contributed by atoms with E-state index in [9.17, 15) is 4.57 Å². The molecule has 3 aromatic carbocycles. The Bertz CT molecular complexity index is 792. The van der Waals surface area contributed by atoms with Crippen LogP contribution in [-0.2, 0) is 4.57 Å². The van der Waals surface area contributed by atoms with Gasteiger partial charge in [0, 0.05) is 17.1 Å². The molecule has 6 heteroatoms. The molecule has 0 unspecified atom stereocenters. The summed E-state index contributed by atoms with van der Waals surface area (Å²) in [6.07, 6.45) is 0. The lowest BCUT2D eigenvalue weighted by Gasteiger charge is -2.25. The zero-order valence-electron chi connectivity index (χ0n) is 12.7. The molecule has 2 N–H and O–H groups in total. The van der Waals surface area contributed by atoms with Crippen LogP contribution >= 0.6 is 7.82 Å². The van der Waals surface area contributed by atoms with Crippen molar-refractivity contribution in [1.29, 1.82) is 0 Å². The van der Waals surface area contributed by atoms with E-state index in [-0.39, 0.29) is 5.75 Å². The Labute approximate surface area is 140 Å². The molecular formula is C18H16NO4P. The molecule has 0 aliphatic rings. The van der Waals surface area contributed by atoms with Gasteiger partial charge in [0.2, 0.25) is 0 Å². The highest BCUT2D eigenvalue weighted by Crippen LogP contribution is 2.39. The highest BCUT2D eigenvalue weighted by molar-refractivity contribution is 7.46. The fourth-order valence-electron chi connectivity index (χ4n) is 2.39. The van der Waals surface area contributed by atoms with Crippen LogP contribution in [0, 0.1) is 0 Å². The normalized spacial score (nSPS) is 11.1. The summed E-state index contributed by atoms with van der Waals surface area (Å²) >= 11 is 0. The first-order valence-electron chi connectivity index (χ1n) is 7.28. The van der Waals surface area contributed by atoms with Gasteiger partial charge in [-0.2, -0.15) is 0 Å². The number of anilines is 3. The molecule has 0 aliphatic heterocycles. The number of rotatable bonds is 5. The van der Waals surface area contributed by atoms with E-state index >= 15 is 0 Å². The van der Waals surface area contributed by atoms with Crippen LogP contribution in [0.4, 0.5) is 17.1 Å². The van der Waals surface area contributed by atoms with Gasteiger partial charge in [-0.1, -0.05) is 36.4 Å². The lowest BCUT2D eigenvalue weighted by Crippen LogP contribution is -2.09. The van der Waals surface area contributed by atoms with Gasteiger partial charge in [-0.05, 0) is 48.5 Å². The van der Waals surface area contributed by atoms with Gasteiger partial charge in [0.05, 0.1) is 0 Å². The van der Waals surface area contributed by atoms with Gasteiger partial charge in [0.25, 0.3) is 0 Å². The van der Waals surface area contributed by atoms with Crippen LogP contribution in [-0.4, -0.2) is 9.79 Å². The van der Waals surface area contributed by atoms with E-state index in [2.05, 4.69) is 4.52 Å². The maximum absolute atomic E-state index is 10.9. The summed E-state index contributed by atoms with van der Waals surface area (Å²) in [4.78, 5) is 19.8. The van der Waals surface area contributed by atoms with Crippen molar-refractivity contribution >= 4 is 24.9 Å². The third-order valence-electron chi connectivity index (χ3n) is 3.35. The molecule has 122 valence electrons. The SMILES string of the molecule is O=P(O)(O)Oc1ccc(N(c2ccccc2)c2ccccc2)cc1. The summed E-state index contributed by atoms with van der Waals surface area (Å²) in [5, 5.41) is 0. The van der Waals surface area contributed by atoms with Gasteiger partial charge in [0.1, 0.15) is 5.75 Å². The zero-order valence-corrected chi connectivity index (χ0v) is 13.6. The molecular weight excluding hydrogens is 325 g/mol. The summed E-state index contributed by atoms with van der Waals surface area (Å²) in [6.45, 7) is 0. The van der Waals surface area contributed by atoms with Crippen LogP contribution in [0.25, 0.3) is 0 Å². The third-order valence-corrected chi connectivity index (χ3v) is 3.80. The first-order chi connectivity index (χ1) is 11.5. The summed E-state index contributed by atoms with van der Waals surface area (Å²) < 4.78 is 15.5. The summed E-state index contributed by atoms with van der Waals surface area (Å²) in [5.74, 6) is 0.119. The van der Waals surface area contributed by atoms with Crippen molar-refractivity contribution in [3.8, 4) is 5.75 Å². The second kappa shape index (κ2) is 6.89. The van der Waals surface area contributed by atoms with Gasteiger partial charge in [-0.3, -0.25) is 9.79 Å². The fourth-order valence-corrected chi connectivity index (χ4v) is 2.79. The van der Waals surface area contributed by atoms with Crippen molar-refractivity contribution < 1.29 is 18.9 Å². The summed E-state index contributed by atoms with van der Waals surface area (Å²) in [5.41, 5.74) is 2.81. The number of benzene rings is 3. The number of hydrogen-bond acceptors (Lipinski definition) is 3. The number of nitrogens with zero attached hydrogens (tertiary/aromatic N) is 1. The molecule has 0 saturated heterocycles. The van der Waals surface area contributed by atoms with Crippen molar-refractivity contribution in [2.24, 2.45) is 0 Å². The largest absolute Gasteiger partial charge is 0.524 e. The first kappa shape index (κ1) is 16.3. The Morgan fingerprint density at radius 3 is 1.50 bits per heavy atom. The second-order valence-corrected chi connectivity index (χ2v) is 6.25. The average molecular weight is 341 g/mol. The van der Waals surface area contributed by atoms with Crippen molar-refractivity contribution in [1.82, 2.24) is 0 Å². The Hall–Kier alpha value is -2.59. The third kappa shape index (κ3) is 4.03. The van der Waals surface area contributed by atoms with Crippen molar-refractivity contribution in [2.75, 3.05) is 4.90 Å². The molecule has 0 aromatic heterocycles. The monoisotopic (exact) mass is 341 g/mol. The minimum Gasteiger partial charge on any atom is -0.404 e. The van der Waals surface area contributed by atoms with Crippen molar-refractivity contribution in [3.63, 3.8) is 0 Å². The first-order valence-corrected chi connectivity index (χ1v) is 8.81. The highest BCUT2D eigenvalue weighted by atomic mass is 31.2. The fraction of sp³-hybridized carbons (Fsp3) is 0. The van der Waals surface area contributed by atoms with Crippen LogP contribution in [0.5, 0.6) is 5.75 Å². The summed E-state index contributed by atoms with van der Waals surface area (Å²) in [7, 11) is -4.56. The number of hydrogen-bond donors (Lipinski definition) is 2. The van der Waals surface area contributed by atoms with Gasteiger partial charge < -0.3 is 9.42 Å². The van der Waals surface area contributed by atoms with E-state index in [0.717, 1.165) is 17.1 Å². The zero-order chi connectivity index (χ0) is 17.0. The Morgan fingerprint density at radius 2 is 1.08 bits per heavy atom. The quantitative estimate of drug-likeness (QED) is 0.662. The van der Waals surface area contributed by atoms with E-state index in [0.29, 0.717) is 0 Å². The molecule has 0 heterocycles. The molecule has 0 spiro atoms. The number of para-hydroxylation sites is 2. The molecule has 0 fully saturated rings. The molecule has 0 saturated carbocycles. The number of phosphoric acid groups is 1. The van der Waals surface area contributed by atoms with Gasteiger partial charge in [0.15, 0.2) is 0 Å². The standard InChI is InChI=1S/C18H16NO4P/c20-24(21,22)23-18-13-11-17(12-14-18)19(15-7-3-1-4-8-15)16-9-5-2-6-10-16/h1-14H,(H2,20,21,22). The average Bonchev–Trinajstić information content (AvgIpc) is 2.57. The molecule has 0 bridgehead atoms. The smallest absolute Gasteiger partial charge is 0.404 e. The molecule has 0 aliphatic carbocycles. The Morgan fingerprint density at radius 1 is 0.667 bits per heavy atom. The molecule has 5 nitrogen and oxygen atoms in total. The Kier molecular flexibility index (Phi) is 4.67. The summed E-state index contributed by atoms with van der Waals surface area (Å²) in [6, 6.07) is 26.3. The molecule has 3 rings (SSSR count). The second-order valence-electron chi connectivity index (χ2n) is 5.08. The lowest BCUT2D eigenvalue weighted by atomic mass is 10.2. The van der Waals surface area contributed by atoms with Crippen LogP contribution in [0.15, 0.2) is 84.9 Å². The number of phosphoric ester groups is 1. The molecule has 24 heavy (non-hydrogen) atoms. The molecule has 0 atom stereocenters. The molecule has 3 aromatic rings. The van der Waals surface area contributed by atoms with E-state index < -0.39 is 7.82 Å². The van der Waals surface area contributed by atoms with Crippen molar-refractivity contribution in [3.05, 3.63) is 84.9 Å². The predicted molar refractivity (Wildman–Crippen MR) is 93.8 cm³/mol. The van der Waals surface area contributed by atoms with E-state index in [1.165, 1.54) is 12.1 Å². The highest BCUT2D eigenvalue weighted by Gasteiger charge is 2.17. The maximum Gasteiger partial charge on any atom is 0.524 e. The maximum atomic E-state index is 10.9. The topological polar surface area (TPSA) is 70.0 Å². The van der Waals surface area contributed by atoms with Crippen LogP contribution in [0.3, 0.4) is 0 Å². The van der Waals surface area contributed by atoms with E-state index in [1.807, 2.05) is 65.6 Å². The van der Waals surface area contributed by atoms with Gasteiger partial charge in [-0.25, -0.2) is 4.57 Å². The minimum absolute atomic E-state index is 0.119. The van der Waals surface area contributed by atoms with E-state index in [1.54, 1.807) is 12.1 Å². The van der Waals surface area contributed by atoms with Crippen LogP contribution in [0.2, 0.25) is 0 Å². The van der Waals surface area contributed by atoms with E-state index in [4.69, 9.17) is 9.79 Å². The molecule has 0 amide bonds. The van der Waals surface area contributed by atoms with Crippen LogP contribution < -0.4 is 9.42 Å².